The van der Waals surface area contributed by atoms with Gasteiger partial charge < -0.3 is 10.2 Å². The zero-order valence-electron chi connectivity index (χ0n) is 10.8. The maximum absolute atomic E-state index is 9.47. The van der Waals surface area contributed by atoms with Crippen LogP contribution >= 0.6 is 0 Å². The number of aliphatic hydroxyl groups is 2. The van der Waals surface area contributed by atoms with E-state index in [2.05, 4.69) is 25.1 Å². The summed E-state index contributed by atoms with van der Waals surface area (Å²) in [5, 5.41) is 18.9. The molecule has 0 spiro atoms. The lowest BCUT2D eigenvalue weighted by atomic mass is 9.91. The summed E-state index contributed by atoms with van der Waals surface area (Å²) in [6.07, 6.45) is 8.83. The van der Waals surface area contributed by atoms with E-state index in [-0.39, 0.29) is 6.42 Å². The Morgan fingerprint density at radius 2 is 2.00 bits per heavy atom. The second kappa shape index (κ2) is 5.51. The SMILES string of the molecule is CCCCc1ccccc1C1=CCC(O)(O)C=C1. The van der Waals surface area contributed by atoms with E-state index in [0.717, 1.165) is 12.0 Å². The van der Waals surface area contributed by atoms with Gasteiger partial charge in [0.2, 0.25) is 0 Å². The van der Waals surface area contributed by atoms with Crippen molar-refractivity contribution in [3.05, 3.63) is 53.6 Å². The molecule has 1 aromatic carbocycles. The quantitative estimate of drug-likeness (QED) is 0.799. The first-order valence-electron chi connectivity index (χ1n) is 6.55. The van der Waals surface area contributed by atoms with Crippen LogP contribution in [0, 0.1) is 0 Å². The molecular weight excluding hydrogens is 224 g/mol. The van der Waals surface area contributed by atoms with Crippen molar-refractivity contribution in [1.29, 1.82) is 0 Å². The molecule has 0 saturated heterocycles. The molecule has 0 heterocycles. The lowest BCUT2D eigenvalue weighted by molar-refractivity contribution is -0.114. The van der Waals surface area contributed by atoms with Crippen molar-refractivity contribution in [2.45, 2.75) is 38.4 Å². The van der Waals surface area contributed by atoms with E-state index in [1.807, 2.05) is 12.1 Å². The van der Waals surface area contributed by atoms with Crippen molar-refractivity contribution in [3.8, 4) is 0 Å². The van der Waals surface area contributed by atoms with Crippen LogP contribution < -0.4 is 0 Å². The molecule has 1 aromatic rings. The first kappa shape index (κ1) is 13.1. The molecule has 0 fully saturated rings. The molecule has 2 heteroatoms. The summed E-state index contributed by atoms with van der Waals surface area (Å²) in [6.45, 7) is 2.19. The van der Waals surface area contributed by atoms with Gasteiger partial charge in [-0.2, -0.15) is 0 Å². The highest BCUT2D eigenvalue weighted by atomic mass is 16.5. The normalized spacial score (nSPS) is 17.6. The highest BCUT2D eigenvalue weighted by Gasteiger charge is 2.21. The van der Waals surface area contributed by atoms with Crippen molar-refractivity contribution >= 4 is 5.57 Å². The first-order valence-corrected chi connectivity index (χ1v) is 6.55. The van der Waals surface area contributed by atoms with Gasteiger partial charge in [-0.1, -0.05) is 49.8 Å². The lowest BCUT2D eigenvalue weighted by Gasteiger charge is -2.21. The maximum atomic E-state index is 9.47. The fourth-order valence-electron chi connectivity index (χ4n) is 2.21. The molecule has 0 aliphatic heterocycles. The van der Waals surface area contributed by atoms with Gasteiger partial charge in [-0.05, 0) is 35.6 Å². The van der Waals surface area contributed by atoms with Crippen molar-refractivity contribution in [2.75, 3.05) is 0 Å². The fourth-order valence-corrected chi connectivity index (χ4v) is 2.21. The molecule has 2 nitrogen and oxygen atoms in total. The second-order valence-corrected chi connectivity index (χ2v) is 4.84. The summed E-state index contributed by atoms with van der Waals surface area (Å²) in [7, 11) is 0. The minimum Gasteiger partial charge on any atom is -0.362 e. The molecule has 0 radical (unpaired) electrons. The molecular formula is C16H20O2. The van der Waals surface area contributed by atoms with Gasteiger partial charge >= 0.3 is 0 Å². The first-order chi connectivity index (χ1) is 8.62. The Morgan fingerprint density at radius 1 is 1.22 bits per heavy atom. The van der Waals surface area contributed by atoms with E-state index >= 15 is 0 Å². The topological polar surface area (TPSA) is 40.5 Å². The van der Waals surface area contributed by atoms with Crippen molar-refractivity contribution < 1.29 is 10.2 Å². The van der Waals surface area contributed by atoms with E-state index in [4.69, 9.17) is 0 Å². The van der Waals surface area contributed by atoms with Crippen LogP contribution in [0.3, 0.4) is 0 Å². The molecule has 0 amide bonds. The molecule has 0 saturated carbocycles. The van der Waals surface area contributed by atoms with E-state index in [1.54, 1.807) is 6.08 Å². The van der Waals surface area contributed by atoms with Crippen molar-refractivity contribution in [3.63, 3.8) is 0 Å². The molecule has 2 rings (SSSR count). The van der Waals surface area contributed by atoms with Crippen LogP contribution in [-0.4, -0.2) is 16.0 Å². The molecule has 0 atom stereocenters. The largest absolute Gasteiger partial charge is 0.362 e. The summed E-state index contributed by atoms with van der Waals surface area (Å²) >= 11 is 0. The molecule has 96 valence electrons. The van der Waals surface area contributed by atoms with Gasteiger partial charge in [-0.25, -0.2) is 0 Å². The smallest absolute Gasteiger partial charge is 0.186 e. The van der Waals surface area contributed by atoms with Gasteiger partial charge in [0.1, 0.15) is 0 Å². The van der Waals surface area contributed by atoms with Crippen molar-refractivity contribution in [1.82, 2.24) is 0 Å². The van der Waals surface area contributed by atoms with E-state index < -0.39 is 5.79 Å². The summed E-state index contributed by atoms with van der Waals surface area (Å²) in [6, 6.07) is 8.34. The van der Waals surface area contributed by atoms with Gasteiger partial charge in [0.25, 0.3) is 0 Å². The van der Waals surface area contributed by atoms with Gasteiger partial charge in [0.15, 0.2) is 5.79 Å². The summed E-state index contributed by atoms with van der Waals surface area (Å²) in [4.78, 5) is 0. The Balaban J connectivity index is 2.24. The number of unbranched alkanes of at least 4 members (excludes halogenated alkanes) is 1. The van der Waals surface area contributed by atoms with E-state index in [0.29, 0.717) is 0 Å². The number of benzene rings is 1. The number of hydrogen-bond donors (Lipinski definition) is 2. The zero-order valence-corrected chi connectivity index (χ0v) is 10.8. The Labute approximate surface area is 108 Å². The highest BCUT2D eigenvalue weighted by molar-refractivity contribution is 5.77. The third kappa shape index (κ3) is 3.09. The summed E-state index contributed by atoms with van der Waals surface area (Å²) in [5.41, 5.74) is 3.62. The zero-order chi connectivity index (χ0) is 13.0. The van der Waals surface area contributed by atoms with Gasteiger partial charge in [0, 0.05) is 6.42 Å². The third-order valence-electron chi connectivity index (χ3n) is 3.28. The Bertz CT molecular complexity index is 470. The van der Waals surface area contributed by atoms with Crippen LogP contribution in [0.5, 0.6) is 0 Å². The predicted molar refractivity (Wildman–Crippen MR) is 74.0 cm³/mol. The van der Waals surface area contributed by atoms with E-state index in [9.17, 15) is 10.2 Å². The molecule has 0 bridgehead atoms. The van der Waals surface area contributed by atoms with E-state index in [1.165, 1.54) is 30.0 Å². The minimum absolute atomic E-state index is 0.251. The molecule has 1 aliphatic carbocycles. The van der Waals surface area contributed by atoms with Crippen molar-refractivity contribution in [2.24, 2.45) is 0 Å². The summed E-state index contributed by atoms with van der Waals surface area (Å²) in [5.74, 6) is -1.68. The number of allylic oxidation sites excluding steroid dienone is 2. The predicted octanol–water partition coefficient (Wildman–Crippen LogP) is 3.05. The van der Waals surface area contributed by atoms with Crippen LogP contribution in [0.4, 0.5) is 0 Å². The lowest BCUT2D eigenvalue weighted by Crippen LogP contribution is -2.25. The Kier molecular flexibility index (Phi) is 4.00. The number of rotatable bonds is 4. The van der Waals surface area contributed by atoms with Gasteiger partial charge in [-0.3, -0.25) is 0 Å². The molecule has 2 N–H and O–H groups in total. The van der Waals surface area contributed by atoms with Crippen LogP contribution in [-0.2, 0) is 6.42 Å². The van der Waals surface area contributed by atoms with Crippen LogP contribution in [0.1, 0.15) is 37.3 Å². The average Bonchev–Trinajstić information content (AvgIpc) is 2.37. The fraction of sp³-hybridized carbons (Fsp3) is 0.375. The molecule has 18 heavy (non-hydrogen) atoms. The van der Waals surface area contributed by atoms with Gasteiger partial charge in [0.05, 0.1) is 0 Å². The summed E-state index contributed by atoms with van der Waals surface area (Å²) < 4.78 is 0. The Morgan fingerprint density at radius 3 is 2.67 bits per heavy atom. The average molecular weight is 244 g/mol. The van der Waals surface area contributed by atoms with Crippen LogP contribution in [0.25, 0.3) is 5.57 Å². The number of hydrogen-bond acceptors (Lipinski definition) is 2. The molecule has 1 aliphatic rings. The molecule has 0 unspecified atom stereocenters. The third-order valence-corrected chi connectivity index (χ3v) is 3.28. The number of aryl methyl sites for hydroxylation is 1. The maximum Gasteiger partial charge on any atom is 0.186 e. The van der Waals surface area contributed by atoms with Crippen LogP contribution in [0.2, 0.25) is 0 Å². The minimum atomic E-state index is -1.68. The monoisotopic (exact) mass is 244 g/mol. The standard InChI is InChI=1S/C16H20O2/c1-2-3-6-13-7-4-5-8-15(13)14-9-11-16(17,18)12-10-14/h4-5,7-11,17-18H,2-3,6,12H2,1H3. The second-order valence-electron chi connectivity index (χ2n) is 4.84. The highest BCUT2D eigenvalue weighted by Crippen LogP contribution is 2.28. The Hall–Kier alpha value is -1.38. The van der Waals surface area contributed by atoms with Crippen LogP contribution in [0.15, 0.2) is 42.5 Å². The van der Waals surface area contributed by atoms with Gasteiger partial charge in [-0.15, -0.1) is 0 Å². The molecule has 0 aromatic heterocycles.